The second kappa shape index (κ2) is 37.8. The zero-order valence-corrected chi connectivity index (χ0v) is 74.2. The molecule has 0 atom stereocenters. The molecule has 3 heterocycles. The summed E-state index contributed by atoms with van der Waals surface area (Å²) in [5, 5.41) is 27.2. The summed E-state index contributed by atoms with van der Waals surface area (Å²) in [4.78, 5) is 2.46. The van der Waals surface area contributed by atoms with Gasteiger partial charge < -0.3 is 23.9 Å². The molecule has 0 fully saturated rings. The number of para-hydroxylation sites is 5. The lowest BCUT2D eigenvalue weighted by molar-refractivity contribution is 1.18. The normalized spacial score (nSPS) is 11.4. The Balaban J connectivity index is 0.000000202. The van der Waals surface area contributed by atoms with Crippen LogP contribution in [-0.2, 0) is 0 Å². The summed E-state index contributed by atoms with van der Waals surface area (Å²) < 4.78 is 7.30. The number of nitrogens with one attached hydrogen (secondary N) is 1. The number of fused-ring (bicyclic) bond motifs is 9. The molecule has 0 unspecified atom stereocenters. The minimum atomic E-state index is -2.88. The van der Waals surface area contributed by atoms with Crippen molar-refractivity contribution in [3.63, 3.8) is 0 Å². The van der Waals surface area contributed by atoms with E-state index in [1.165, 1.54) is 117 Å². The summed E-state index contributed by atoms with van der Waals surface area (Å²) in [6.07, 6.45) is 0. The highest BCUT2D eigenvalue weighted by atomic mass is 28.3. The molecule has 633 valence electrons. The monoisotopic (exact) mass is 1740 g/mol. The minimum Gasteiger partial charge on any atom is -0.356 e. The van der Waals surface area contributed by atoms with Gasteiger partial charge in [-0.2, -0.15) is 0 Å². The standard InChI is InChI=1S/C78H57N3Si2.C42H32N2Si.3CH4.B/c1-10-28-58(29-11-1)79(61-46-50-75-71(54-61)73-56-69(48-52-77(73)80(75)59-30-12-2-13-31-59)82(63-34-16-4-17-35-63,64-36-18-5-19-37-64)65-38-20-6-21-39-65)62-47-51-76-72(55-62)74-57-70(49-53-78(74)81(76)60-32-14-3-15-33-60)83(66-40-22-7-23-41-66,67-42-24-8-25-43-67)68-44-26-9-27-45-68;1-6-16-32(17-7-1)43-33-26-28-41-39(30-33)40-31-38(27-29-42(40)44(41)34-18-8-2-9-19-34)45(35-20-10-3-11-21-35,36-22-12-4-13-23-36)37-24-14-5-15-25-37;;;;/h1-57H;1-31,43H;3*1H4;. The van der Waals surface area contributed by atoms with Gasteiger partial charge >= 0.3 is 0 Å². The molecule has 23 rings (SSSR count). The molecule has 0 aliphatic rings. The zero-order chi connectivity index (χ0) is 85.2. The van der Waals surface area contributed by atoms with Gasteiger partial charge in [-0.15, -0.1) is 0 Å². The van der Waals surface area contributed by atoms with Crippen molar-refractivity contribution in [3.05, 3.63) is 534 Å². The number of benzene rings is 20. The number of hydrogen-bond donors (Lipinski definition) is 1. The Morgan fingerprint density at radius 1 is 0.159 bits per heavy atom. The first-order valence-corrected chi connectivity index (χ1v) is 50.1. The van der Waals surface area contributed by atoms with Crippen molar-refractivity contribution in [1.29, 1.82) is 0 Å². The number of rotatable bonds is 20. The van der Waals surface area contributed by atoms with Gasteiger partial charge in [-0.1, -0.05) is 423 Å². The maximum Gasteiger partial charge on any atom is 0.179 e. The van der Waals surface area contributed by atoms with Gasteiger partial charge in [-0.3, -0.25) is 0 Å². The van der Waals surface area contributed by atoms with E-state index in [9.17, 15) is 0 Å². The van der Waals surface area contributed by atoms with E-state index in [1.807, 2.05) is 6.07 Å². The van der Waals surface area contributed by atoms with Gasteiger partial charge in [0.1, 0.15) is 0 Å². The van der Waals surface area contributed by atoms with Crippen LogP contribution in [0.5, 0.6) is 0 Å². The zero-order valence-electron chi connectivity index (χ0n) is 71.2. The fraction of sp³-hybridized carbons (Fsp3) is 0.0244. The fourth-order valence-electron chi connectivity index (χ4n) is 20.6. The van der Waals surface area contributed by atoms with E-state index in [0.29, 0.717) is 0 Å². The molecule has 23 aromatic rings. The highest BCUT2D eigenvalue weighted by Crippen LogP contribution is 2.44. The van der Waals surface area contributed by atoms with E-state index in [-0.39, 0.29) is 30.7 Å². The van der Waals surface area contributed by atoms with E-state index in [4.69, 9.17) is 0 Å². The van der Waals surface area contributed by atoms with Crippen molar-refractivity contribution >= 4 is 189 Å². The molecule has 5 nitrogen and oxygen atoms in total. The van der Waals surface area contributed by atoms with Crippen molar-refractivity contribution in [1.82, 2.24) is 13.7 Å². The lowest BCUT2D eigenvalue weighted by atomic mass is 10.1. The van der Waals surface area contributed by atoms with Crippen LogP contribution in [0.15, 0.2) is 534 Å². The Morgan fingerprint density at radius 3 is 0.606 bits per heavy atom. The van der Waals surface area contributed by atoms with Gasteiger partial charge in [0.15, 0.2) is 24.2 Å². The van der Waals surface area contributed by atoms with Crippen LogP contribution in [0.1, 0.15) is 22.3 Å². The Morgan fingerprint density at radius 2 is 0.356 bits per heavy atom. The molecule has 20 aromatic carbocycles. The van der Waals surface area contributed by atoms with Gasteiger partial charge in [0.05, 0.1) is 33.1 Å². The quantitative estimate of drug-likeness (QED) is 0.0609. The predicted octanol–water partition coefficient (Wildman–Crippen LogP) is 23.5. The van der Waals surface area contributed by atoms with Gasteiger partial charge in [0.2, 0.25) is 0 Å². The molecule has 132 heavy (non-hydrogen) atoms. The van der Waals surface area contributed by atoms with Crippen molar-refractivity contribution in [3.8, 4) is 17.1 Å². The SMILES string of the molecule is C.C.C.[B].c1ccc(N(c2ccc3c(c2)c2cc([Si](c4ccccc4)(c4ccccc4)c4ccccc4)ccc2n3-c2ccccc2)c2ccc3c(c2)c2cc([Si](c4ccccc4)(c4ccccc4)c4ccccc4)ccc2n3-c2ccccc2)cc1.c1ccc(Nc2ccc3c(c2)c2cc([Si](c4ccccc4)(c4ccccc4)c4ccccc4)ccc2n3-c2ccccc2)cc1. The summed E-state index contributed by atoms with van der Waals surface area (Å²) >= 11 is 0. The summed E-state index contributed by atoms with van der Waals surface area (Å²) in [7, 11) is -8.43. The number of aromatic nitrogens is 3. The Bertz CT molecular complexity index is 7260. The molecule has 0 aliphatic carbocycles. The van der Waals surface area contributed by atoms with Crippen LogP contribution in [0.25, 0.3) is 82.5 Å². The highest BCUT2D eigenvalue weighted by Gasteiger charge is 2.45. The molecule has 3 radical (unpaired) electrons. The Labute approximate surface area is 780 Å². The third-order valence-electron chi connectivity index (χ3n) is 26.1. The highest BCUT2D eigenvalue weighted by molar-refractivity contribution is 7.21. The van der Waals surface area contributed by atoms with Crippen LogP contribution in [-0.4, -0.2) is 46.3 Å². The topological polar surface area (TPSA) is 30.1 Å². The summed E-state index contributed by atoms with van der Waals surface area (Å²) in [5.74, 6) is 0. The molecule has 0 bridgehead atoms. The molecule has 9 heteroatoms. The van der Waals surface area contributed by atoms with Crippen molar-refractivity contribution in [2.24, 2.45) is 0 Å². The van der Waals surface area contributed by atoms with Crippen LogP contribution in [0.3, 0.4) is 0 Å². The van der Waals surface area contributed by atoms with Crippen LogP contribution >= 0.6 is 0 Å². The van der Waals surface area contributed by atoms with Gasteiger partial charge in [-0.05, 0) is 196 Å². The lowest BCUT2D eigenvalue weighted by Crippen LogP contribution is -2.74. The van der Waals surface area contributed by atoms with Crippen molar-refractivity contribution < 1.29 is 0 Å². The predicted molar refractivity (Wildman–Crippen MR) is 577 cm³/mol. The van der Waals surface area contributed by atoms with Gasteiger partial charge in [0, 0.05) is 86.2 Å². The van der Waals surface area contributed by atoms with E-state index in [1.54, 1.807) is 0 Å². The average molecular weight is 1740 g/mol. The molecular weight excluding hydrogens is 1640 g/mol. The molecular formula is C123H101BN5Si3. The maximum absolute atomic E-state index is 3.63. The summed E-state index contributed by atoms with van der Waals surface area (Å²) in [6, 6.07) is 198. The van der Waals surface area contributed by atoms with Gasteiger partial charge in [0.25, 0.3) is 0 Å². The Kier molecular flexibility index (Phi) is 24.9. The third kappa shape index (κ3) is 15.2. The fourth-order valence-corrected chi connectivity index (χ4v) is 34.9. The summed E-state index contributed by atoms with van der Waals surface area (Å²) in [5.41, 5.74) is 15.9. The first-order valence-electron chi connectivity index (χ1n) is 44.1. The maximum atomic E-state index is 3.63. The second-order valence-corrected chi connectivity index (χ2v) is 44.5. The third-order valence-corrected chi connectivity index (χ3v) is 40.4. The summed E-state index contributed by atoms with van der Waals surface area (Å²) in [6.45, 7) is 0. The molecule has 0 saturated heterocycles. The van der Waals surface area contributed by atoms with E-state index >= 15 is 0 Å². The molecule has 0 aliphatic heterocycles. The molecule has 0 spiro atoms. The molecule has 1 N–H and O–H groups in total. The van der Waals surface area contributed by atoms with E-state index in [0.717, 1.165) is 56.5 Å². The van der Waals surface area contributed by atoms with Crippen LogP contribution < -0.4 is 72.5 Å². The lowest BCUT2D eigenvalue weighted by Gasteiger charge is -2.34. The number of anilines is 5. The van der Waals surface area contributed by atoms with Gasteiger partial charge in [-0.25, -0.2) is 0 Å². The smallest absolute Gasteiger partial charge is 0.179 e. The second-order valence-electron chi connectivity index (χ2n) is 33.0. The van der Waals surface area contributed by atoms with Crippen LogP contribution in [0.4, 0.5) is 28.4 Å². The first kappa shape index (κ1) is 86.8. The van der Waals surface area contributed by atoms with Crippen LogP contribution in [0.2, 0.25) is 0 Å². The first-order chi connectivity index (χ1) is 63.5. The number of hydrogen-bond acceptors (Lipinski definition) is 2. The molecule has 0 amide bonds. The number of nitrogens with zero attached hydrogens (tertiary/aromatic N) is 4. The van der Waals surface area contributed by atoms with E-state index < -0.39 is 24.2 Å². The largest absolute Gasteiger partial charge is 0.356 e. The molecule has 0 saturated carbocycles. The average Bonchev–Trinajstić information content (AvgIpc) is 1.53. The Hall–Kier alpha value is -15.9. The van der Waals surface area contributed by atoms with Crippen LogP contribution in [0, 0.1) is 0 Å². The molecule has 3 aromatic heterocycles. The van der Waals surface area contributed by atoms with Crippen molar-refractivity contribution in [2.75, 3.05) is 10.2 Å². The van der Waals surface area contributed by atoms with Crippen molar-refractivity contribution in [2.45, 2.75) is 22.3 Å². The van der Waals surface area contributed by atoms with E-state index in [2.05, 4.69) is 552 Å². The minimum absolute atomic E-state index is 0.